The summed E-state index contributed by atoms with van der Waals surface area (Å²) >= 11 is 0. The largest absolute Gasteiger partial charge is 0.472 e. The zero-order valence-corrected chi connectivity index (χ0v) is 60.6. The van der Waals surface area contributed by atoms with E-state index in [0.29, 0.717) is 37.5 Å². The second-order valence-electron chi connectivity index (χ2n) is 26.5. The van der Waals surface area contributed by atoms with Crippen molar-refractivity contribution < 1.29 is 80.2 Å². The first-order chi connectivity index (χ1) is 43.8. The number of phosphoric ester groups is 2. The van der Waals surface area contributed by atoms with E-state index in [2.05, 4.69) is 72.8 Å². The Kier molecular flexibility index (Phi) is 60.7. The predicted octanol–water partition coefficient (Wildman–Crippen LogP) is 20.2. The summed E-state index contributed by atoms with van der Waals surface area (Å²) < 4.78 is 68.2. The average molecular weight is 1340 g/mol. The van der Waals surface area contributed by atoms with Crippen LogP contribution in [0.2, 0.25) is 0 Å². The number of aliphatic hydroxyl groups excluding tert-OH is 1. The normalized spacial score (nSPS) is 14.6. The molecule has 0 saturated carbocycles. The van der Waals surface area contributed by atoms with Gasteiger partial charge in [0.05, 0.1) is 26.4 Å². The molecule has 0 fully saturated rings. The lowest BCUT2D eigenvalue weighted by Gasteiger charge is -2.21. The lowest BCUT2D eigenvalue weighted by atomic mass is 9.99. The molecule has 0 aliphatic heterocycles. The first kappa shape index (κ1) is 88.5. The fraction of sp³-hybridized carbons (Fsp3) is 0.889. The molecule has 0 bridgehead atoms. The van der Waals surface area contributed by atoms with Crippen LogP contribution in [0.15, 0.2) is 24.3 Å². The number of unbranched alkanes of at least 4 members (excludes halogenated alkanes) is 32. The van der Waals surface area contributed by atoms with Crippen molar-refractivity contribution in [3.8, 4) is 0 Å². The molecule has 0 saturated heterocycles. The molecule has 0 aromatic rings. The van der Waals surface area contributed by atoms with Crippen LogP contribution in [0.25, 0.3) is 0 Å². The van der Waals surface area contributed by atoms with Gasteiger partial charge in [0.15, 0.2) is 12.2 Å². The number of allylic oxidation sites excluding steroid dienone is 4. The fourth-order valence-electron chi connectivity index (χ4n) is 10.3. The molecule has 0 amide bonds. The number of phosphoric acid groups is 2. The second-order valence-corrected chi connectivity index (χ2v) is 29.4. The van der Waals surface area contributed by atoms with E-state index in [1.54, 1.807) is 0 Å². The van der Waals surface area contributed by atoms with Gasteiger partial charge >= 0.3 is 39.5 Å². The molecule has 19 heteroatoms. The lowest BCUT2D eigenvalue weighted by Crippen LogP contribution is -2.30. The molecule has 0 aromatic heterocycles. The average Bonchev–Trinajstić information content (AvgIpc) is 3.72. The minimum absolute atomic E-state index is 0.0834. The predicted molar refractivity (Wildman–Crippen MR) is 367 cm³/mol. The molecule has 0 spiro atoms. The molecule has 0 heterocycles. The van der Waals surface area contributed by atoms with Crippen LogP contribution in [0.4, 0.5) is 0 Å². The Bertz CT molecular complexity index is 1880. The quantitative estimate of drug-likeness (QED) is 0.0169. The molecule has 0 aromatic carbocycles. The van der Waals surface area contributed by atoms with E-state index in [0.717, 1.165) is 115 Å². The monoisotopic (exact) mass is 1330 g/mol. The molecule has 0 rings (SSSR count). The van der Waals surface area contributed by atoms with Crippen molar-refractivity contribution in [2.45, 2.75) is 356 Å². The van der Waals surface area contributed by atoms with Crippen molar-refractivity contribution in [1.29, 1.82) is 0 Å². The van der Waals surface area contributed by atoms with Crippen molar-refractivity contribution >= 4 is 39.5 Å². The van der Waals surface area contributed by atoms with Gasteiger partial charge in [-0.2, -0.15) is 0 Å². The topological polar surface area (TPSA) is 237 Å². The standard InChI is InChI=1S/C72H136O17P2/c1-8-10-11-12-13-14-15-16-17-22-25-28-31-41-48-55-71(76)88-67(60-83-70(75)54-47-40-34-32-36-43-50-63(3)4)61-86-90(78,79)84-57-66(73)58-85-91(80,81)87-62-68(89-72(77)56-49-42-35-33-37-44-51-64(5)6)59-82-69(74)53-46-39-30-27-24-21-19-18-20-23-26-29-38-45-52-65(7)9-2/h14-17,63-68,73H,8-13,18-62H2,1-7H3,(H,78,79)(H,80,81)/b15-14-,17-16-/t65?,66-,67+,68+/m0/s1. The highest BCUT2D eigenvalue weighted by Gasteiger charge is 2.30. The molecule has 3 N–H and O–H groups in total. The SMILES string of the molecule is CCCCCC/C=C\C=C/CCCCCCCC(=O)O[C@H](COC(=O)CCCCCCCCC(C)C)COP(=O)(O)OC[C@H](O)COP(=O)(O)OC[C@@H](COC(=O)CCCCCCCCCCCCCCCCC(C)CC)OC(=O)CCCCCCCCC(C)C. The molecule has 17 nitrogen and oxygen atoms in total. The van der Waals surface area contributed by atoms with Gasteiger partial charge in [-0.1, -0.05) is 285 Å². The maximum atomic E-state index is 13.0. The Morgan fingerprint density at radius 3 is 0.978 bits per heavy atom. The summed E-state index contributed by atoms with van der Waals surface area (Å²) in [6, 6.07) is 0. The van der Waals surface area contributed by atoms with Gasteiger partial charge in [-0.15, -0.1) is 0 Å². The van der Waals surface area contributed by atoms with Crippen LogP contribution in [0.1, 0.15) is 337 Å². The first-order valence-electron chi connectivity index (χ1n) is 36.7. The summed E-state index contributed by atoms with van der Waals surface area (Å²) in [5.41, 5.74) is 0. The summed E-state index contributed by atoms with van der Waals surface area (Å²) in [5.74, 6) is 0.0306. The number of carbonyl (C=O) groups excluding carboxylic acids is 4. The van der Waals surface area contributed by atoms with Gasteiger partial charge in [0.1, 0.15) is 19.3 Å². The van der Waals surface area contributed by atoms with Crippen molar-refractivity contribution in [3.05, 3.63) is 24.3 Å². The first-order valence-corrected chi connectivity index (χ1v) is 39.7. The Labute approximate surface area is 554 Å². The number of aliphatic hydroxyl groups is 1. The Morgan fingerprint density at radius 1 is 0.363 bits per heavy atom. The van der Waals surface area contributed by atoms with Gasteiger partial charge in [0, 0.05) is 25.7 Å². The third kappa shape index (κ3) is 64.6. The zero-order chi connectivity index (χ0) is 67.3. The smallest absolute Gasteiger partial charge is 0.462 e. The molecule has 536 valence electrons. The minimum Gasteiger partial charge on any atom is -0.462 e. The highest BCUT2D eigenvalue weighted by Crippen LogP contribution is 2.45. The molecule has 0 radical (unpaired) electrons. The van der Waals surface area contributed by atoms with Crippen molar-refractivity contribution in [2.24, 2.45) is 17.8 Å². The van der Waals surface area contributed by atoms with Crippen LogP contribution in [0.3, 0.4) is 0 Å². The molecular weight excluding hydrogens is 1200 g/mol. The van der Waals surface area contributed by atoms with E-state index < -0.39 is 97.5 Å². The van der Waals surface area contributed by atoms with Crippen LogP contribution >= 0.6 is 15.6 Å². The second kappa shape index (κ2) is 62.4. The summed E-state index contributed by atoms with van der Waals surface area (Å²) in [7, 11) is -9.91. The van der Waals surface area contributed by atoms with Gasteiger partial charge in [-0.05, 0) is 69.1 Å². The fourth-order valence-corrected chi connectivity index (χ4v) is 11.9. The number of hydrogen-bond donors (Lipinski definition) is 3. The molecule has 3 unspecified atom stereocenters. The number of ether oxygens (including phenoxy) is 4. The molecular formula is C72H136O17P2. The Hall–Kier alpha value is -2.46. The Morgan fingerprint density at radius 2 is 0.648 bits per heavy atom. The van der Waals surface area contributed by atoms with Gasteiger partial charge < -0.3 is 33.8 Å². The summed E-state index contributed by atoms with van der Waals surface area (Å²) in [6.07, 6.45) is 49.7. The van der Waals surface area contributed by atoms with E-state index in [1.807, 2.05) is 0 Å². The number of esters is 4. The van der Waals surface area contributed by atoms with Crippen LogP contribution in [-0.4, -0.2) is 96.7 Å². The Balaban J connectivity index is 5.20. The molecule has 0 aliphatic carbocycles. The number of hydrogen-bond acceptors (Lipinski definition) is 15. The van der Waals surface area contributed by atoms with Crippen molar-refractivity contribution in [1.82, 2.24) is 0 Å². The van der Waals surface area contributed by atoms with E-state index in [9.17, 15) is 43.2 Å². The third-order valence-corrected chi connectivity index (χ3v) is 18.3. The van der Waals surface area contributed by atoms with Crippen LogP contribution in [0, 0.1) is 17.8 Å². The zero-order valence-electron chi connectivity index (χ0n) is 58.8. The van der Waals surface area contributed by atoms with E-state index in [1.165, 1.54) is 128 Å². The number of carbonyl (C=O) groups is 4. The van der Waals surface area contributed by atoms with Gasteiger partial charge in [-0.3, -0.25) is 37.3 Å². The van der Waals surface area contributed by atoms with E-state index in [-0.39, 0.29) is 25.7 Å². The molecule has 91 heavy (non-hydrogen) atoms. The summed E-state index contributed by atoms with van der Waals surface area (Å²) in [4.78, 5) is 72.5. The number of rotatable bonds is 68. The van der Waals surface area contributed by atoms with Gasteiger partial charge in [-0.25, -0.2) is 9.13 Å². The van der Waals surface area contributed by atoms with Crippen LogP contribution in [0.5, 0.6) is 0 Å². The summed E-state index contributed by atoms with van der Waals surface area (Å²) in [6.45, 7) is 11.7. The van der Waals surface area contributed by atoms with Crippen molar-refractivity contribution in [2.75, 3.05) is 39.6 Å². The van der Waals surface area contributed by atoms with Crippen molar-refractivity contribution in [3.63, 3.8) is 0 Å². The van der Waals surface area contributed by atoms with Gasteiger partial charge in [0.2, 0.25) is 0 Å². The third-order valence-electron chi connectivity index (χ3n) is 16.4. The maximum Gasteiger partial charge on any atom is 0.472 e. The minimum atomic E-state index is -4.96. The van der Waals surface area contributed by atoms with E-state index >= 15 is 0 Å². The lowest BCUT2D eigenvalue weighted by molar-refractivity contribution is -0.161. The maximum absolute atomic E-state index is 13.0. The van der Waals surface area contributed by atoms with Crippen LogP contribution in [-0.2, 0) is 65.4 Å². The molecule has 0 aliphatic rings. The highest BCUT2D eigenvalue weighted by molar-refractivity contribution is 7.47. The molecule has 6 atom stereocenters. The van der Waals surface area contributed by atoms with Crippen LogP contribution < -0.4 is 0 Å². The van der Waals surface area contributed by atoms with E-state index in [4.69, 9.17) is 37.0 Å². The van der Waals surface area contributed by atoms with Gasteiger partial charge in [0.25, 0.3) is 0 Å². The highest BCUT2D eigenvalue weighted by atomic mass is 31.2. The summed E-state index contributed by atoms with van der Waals surface area (Å²) in [5, 5.41) is 10.6.